The van der Waals surface area contributed by atoms with E-state index in [9.17, 15) is 18.0 Å². The van der Waals surface area contributed by atoms with E-state index in [1.54, 1.807) is 18.2 Å². The van der Waals surface area contributed by atoms with Gasteiger partial charge in [-0.1, -0.05) is 6.07 Å². The fraction of sp³-hybridized carbons (Fsp3) is 0.467. The number of sulfonamides is 1. The molecule has 126 valence electrons. The molecule has 0 aliphatic carbocycles. The lowest BCUT2D eigenvalue weighted by Crippen LogP contribution is -2.32. The van der Waals surface area contributed by atoms with Gasteiger partial charge in [-0.2, -0.15) is 0 Å². The Morgan fingerprint density at radius 1 is 1.22 bits per heavy atom. The minimum Gasteiger partial charge on any atom is -0.352 e. The van der Waals surface area contributed by atoms with Crippen molar-refractivity contribution in [1.29, 1.82) is 0 Å². The lowest BCUT2D eigenvalue weighted by atomic mass is 10.2. The summed E-state index contributed by atoms with van der Waals surface area (Å²) in [6.45, 7) is 1.86. The Balaban J connectivity index is 1.85. The molecule has 1 saturated heterocycles. The number of amides is 2. The zero-order valence-corrected chi connectivity index (χ0v) is 13.9. The van der Waals surface area contributed by atoms with Gasteiger partial charge < -0.3 is 10.2 Å². The Morgan fingerprint density at radius 3 is 2.57 bits per heavy atom. The van der Waals surface area contributed by atoms with E-state index >= 15 is 0 Å². The van der Waals surface area contributed by atoms with Gasteiger partial charge in [0.25, 0.3) is 5.91 Å². The number of rotatable bonds is 6. The molecular formula is C15H21N3O4S. The summed E-state index contributed by atoms with van der Waals surface area (Å²) >= 11 is 0. The number of likely N-dealkylation sites (tertiary alicyclic amines) is 1. The number of hydrogen-bond donors (Lipinski definition) is 2. The van der Waals surface area contributed by atoms with Gasteiger partial charge in [-0.3, -0.25) is 14.3 Å². The molecule has 1 aromatic carbocycles. The van der Waals surface area contributed by atoms with Crippen molar-refractivity contribution in [1.82, 2.24) is 10.2 Å². The van der Waals surface area contributed by atoms with Crippen LogP contribution in [0.15, 0.2) is 24.3 Å². The van der Waals surface area contributed by atoms with Crippen LogP contribution in [0.25, 0.3) is 0 Å². The first-order valence-corrected chi connectivity index (χ1v) is 9.38. The maximum atomic E-state index is 12.1. The largest absolute Gasteiger partial charge is 0.352 e. The predicted molar refractivity (Wildman–Crippen MR) is 87.7 cm³/mol. The van der Waals surface area contributed by atoms with Crippen molar-refractivity contribution < 1.29 is 18.0 Å². The first-order valence-electron chi connectivity index (χ1n) is 7.49. The Bertz CT molecular complexity index is 682. The molecule has 2 rings (SSSR count). The van der Waals surface area contributed by atoms with Crippen molar-refractivity contribution in [3.63, 3.8) is 0 Å². The Hall–Kier alpha value is -2.09. The molecule has 1 aromatic rings. The highest BCUT2D eigenvalue weighted by Gasteiger charge is 2.17. The predicted octanol–water partition coefficient (Wildman–Crippen LogP) is 0.800. The van der Waals surface area contributed by atoms with E-state index in [0.717, 1.165) is 32.2 Å². The van der Waals surface area contributed by atoms with Crippen LogP contribution in [0.1, 0.15) is 29.6 Å². The smallest absolute Gasteiger partial charge is 0.251 e. The zero-order chi connectivity index (χ0) is 16.9. The molecule has 0 atom stereocenters. The number of carbonyl (C=O) groups excluding carboxylic acids is 2. The van der Waals surface area contributed by atoms with Gasteiger partial charge in [0, 0.05) is 37.3 Å². The summed E-state index contributed by atoms with van der Waals surface area (Å²) in [6, 6.07) is 6.20. The van der Waals surface area contributed by atoms with Crippen molar-refractivity contribution in [2.75, 3.05) is 30.6 Å². The van der Waals surface area contributed by atoms with Gasteiger partial charge >= 0.3 is 0 Å². The monoisotopic (exact) mass is 339 g/mol. The van der Waals surface area contributed by atoms with Crippen LogP contribution in [0, 0.1) is 0 Å². The second-order valence-corrected chi connectivity index (χ2v) is 7.30. The third kappa shape index (κ3) is 5.55. The van der Waals surface area contributed by atoms with Crippen LogP contribution in [0.2, 0.25) is 0 Å². The molecule has 2 amide bonds. The van der Waals surface area contributed by atoms with Crippen LogP contribution >= 0.6 is 0 Å². The second-order valence-electron chi connectivity index (χ2n) is 5.55. The average molecular weight is 339 g/mol. The molecule has 1 aliphatic heterocycles. The minimum absolute atomic E-state index is 0.0512. The average Bonchev–Trinajstić information content (AvgIpc) is 2.99. The Morgan fingerprint density at radius 2 is 1.91 bits per heavy atom. The zero-order valence-electron chi connectivity index (χ0n) is 13.0. The molecule has 23 heavy (non-hydrogen) atoms. The molecular weight excluding hydrogens is 318 g/mol. The van der Waals surface area contributed by atoms with Gasteiger partial charge in [0.2, 0.25) is 15.9 Å². The van der Waals surface area contributed by atoms with Gasteiger partial charge in [-0.15, -0.1) is 0 Å². The first kappa shape index (κ1) is 17.3. The fourth-order valence-corrected chi connectivity index (χ4v) is 3.00. The van der Waals surface area contributed by atoms with E-state index in [1.807, 2.05) is 4.90 Å². The normalized spacial score (nSPS) is 14.6. The topological polar surface area (TPSA) is 95.6 Å². The summed E-state index contributed by atoms with van der Waals surface area (Å²) in [7, 11) is -3.39. The number of benzene rings is 1. The van der Waals surface area contributed by atoms with Crippen molar-refractivity contribution in [2.24, 2.45) is 0 Å². The Labute approximate surface area is 136 Å². The van der Waals surface area contributed by atoms with E-state index in [1.165, 1.54) is 6.07 Å². The first-order chi connectivity index (χ1) is 10.8. The third-order valence-corrected chi connectivity index (χ3v) is 4.12. The molecule has 1 fully saturated rings. The number of carbonyl (C=O) groups is 2. The second kappa shape index (κ2) is 7.45. The number of nitrogens with one attached hydrogen (secondary N) is 2. The van der Waals surface area contributed by atoms with Crippen molar-refractivity contribution in [3.05, 3.63) is 29.8 Å². The number of nitrogens with zero attached hydrogens (tertiary/aromatic N) is 1. The summed E-state index contributed by atoms with van der Waals surface area (Å²) in [4.78, 5) is 25.7. The lowest BCUT2D eigenvalue weighted by molar-refractivity contribution is -0.129. The van der Waals surface area contributed by atoms with E-state index in [0.29, 0.717) is 11.3 Å². The van der Waals surface area contributed by atoms with Gasteiger partial charge in [0.1, 0.15) is 0 Å². The molecule has 0 radical (unpaired) electrons. The van der Waals surface area contributed by atoms with Crippen molar-refractivity contribution in [3.8, 4) is 0 Å². The summed E-state index contributed by atoms with van der Waals surface area (Å²) in [6.07, 6.45) is 3.40. The maximum absolute atomic E-state index is 12.1. The molecule has 0 aromatic heterocycles. The van der Waals surface area contributed by atoms with Gasteiger partial charge in [0.05, 0.1) is 6.26 Å². The minimum atomic E-state index is -3.39. The van der Waals surface area contributed by atoms with E-state index in [2.05, 4.69) is 10.0 Å². The molecule has 8 heteroatoms. The van der Waals surface area contributed by atoms with Crippen LogP contribution in [0.3, 0.4) is 0 Å². The highest BCUT2D eigenvalue weighted by Crippen LogP contribution is 2.12. The third-order valence-electron chi connectivity index (χ3n) is 3.51. The summed E-state index contributed by atoms with van der Waals surface area (Å²) in [5.41, 5.74) is 0.667. The van der Waals surface area contributed by atoms with E-state index < -0.39 is 10.0 Å². The van der Waals surface area contributed by atoms with Gasteiger partial charge in [-0.25, -0.2) is 8.42 Å². The number of anilines is 1. The van der Waals surface area contributed by atoms with Crippen LogP contribution in [0.4, 0.5) is 5.69 Å². The maximum Gasteiger partial charge on any atom is 0.251 e. The van der Waals surface area contributed by atoms with E-state index in [4.69, 9.17) is 0 Å². The molecule has 7 nitrogen and oxygen atoms in total. The lowest BCUT2D eigenvalue weighted by Gasteiger charge is -2.15. The quantitative estimate of drug-likeness (QED) is 0.801. The van der Waals surface area contributed by atoms with E-state index in [-0.39, 0.29) is 24.8 Å². The summed E-state index contributed by atoms with van der Waals surface area (Å²) in [5, 5.41) is 2.68. The van der Waals surface area contributed by atoms with Gasteiger partial charge in [0.15, 0.2) is 0 Å². The van der Waals surface area contributed by atoms with Crippen molar-refractivity contribution >= 4 is 27.5 Å². The van der Waals surface area contributed by atoms with Crippen molar-refractivity contribution in [2.45, 2.75) is 19.3 Å². The summed E-state index contributed by atoms with van der Waals surface area (Å²) in [5.74, 6) is -0.285. The van der Waals surface area contributed by atoms with Crippen LogP contribution in [0.5, 0.6) is 0 Å². The SMILES string of the molecule is CS(=O)(=O)Nc1cccc(C(=O)NCCC(=O)N2CCCC2)c1. The number of hydrogen-bond acceptors (Lipinski definition) is 4. The molecule has 0 unspecified atom stereocenters. The van der Waals surface area contributed by atoms with Crippen LogP contribution in [-0.4, -0.2) is 51.0 Å². The fourth-order valence-electron chi connectivity index (χ4n) is 2.45. The molecule has 0 saturated carbocycles. The Kier molecular flexibility index (Phi) is 5.59. The van der Waals surface area contributed by atoms with Crippen LogP contribution < -0.4 is 10.0 Å². The molecule has 0 bridgehead atoms. The van der Waals surface area contributed by atoms with Gasteiger partial charge in [-0.05, 0) is 31.0 Å². The highest BCUT2D eigenvalue weighted by molar-refractivity contribution is 7.92. The van der Waals surface area contributed by atoms with Crippen LogP contribution in [-0.2, 0) is 14.8 Å². The summed E-state index contributed by atoms with van der Waals surface area (Å²) < 4.78 is 24.7. The highest BCUT2D eigenvalue weighted by atomic mass is 32.2. The molecule has 2 N–H and O–H groups in total. The molecule has 1 heterocycles. The molecule has 1 aliphatic rings. The molecule has 0 spiro atoms. The standard InChI is InChI=1S/C15H21N3O4S/c1-23(21,22)17-13-6-4-5-12(11-13)15(20)16-8-7-14(19)18-9-2-3-10-18/h4-6,11,17H,2-3,7-10H2,1H3,(H,16,20).